The van der Waals surface area contributed by atoms with Crippen LogP contribution in [0.4, 0.5) is 5.69 Å². The summed E-state index contributed by atoms with van der Waals surface area (Å²) in [7, 11) is 0. The van der Waals surface area contributed by atoms with Gasteiger partial charge in [0.1, 0.15) is 6.54 Å². The maximum atomic E-state index is 12.1. The Bertz CT molecular complexity index is 686. The van der Waals surface area contributed by atoms with Crippen molar-refractivity contribution in [2.24, 2.45) is 4.99 Å². The van der Waals surface area contributed by atoms with Gasteiger partial charge in [0.15, 0.2) is 5.17 Å². The first-order valence-electron chi connectivity index (χ1n) is 7.99. The molecule has 0 radical (unpaired) electrons. The zero-order valence-corrected chi connectivity index (χ0v) is 15.4. The van der Waals surface area contributed by atoms with Gasteiger partial charge >= 0.3 is 0 Å². The maximum absolute atomic E-state index is 12.1. The fraction of sp³-hybridized carbons (Fsp3) is 0.412. The van der Waals surface area contributed by atoms with E-state index in [9.17, 15) is 14.4 Å². The molecule has 7 nitrogen and oxygen atoms in total. The molecule has 3 amide bonds. The number of carbonyl (C=O) groups is 3. The molecule has 134 valence electrons. The second kappa shape index (κ2) is 8.66. The normalized spacial score (nSPS) is 13.8. The highest BCUT2D eigenvalue weighted by Crippen LogP contribution is 2.24. The van der Waals surface area contributed by atoms with Crippen molar-refractivity contribution in [1.29, 1.82) is 0 Å². The Labute approximate surface area is 151 Å². The van der Waals surface area contributed by atoms with Gasteiger partial charge < -0.3 is 10.6 Å². The SMILES string of the molecule is Cc1ccc(N2C(=O)CN=C2SCC(=O)NCC(=O)NC(C)C)cc1. The first-order chi connectivity index (χ1) is 11.9. The summed E-state index contributed by atoms with van der Waals surface area (Å²) in [6.45, 7) is 5.69. The number of amidine groups is 1. The van der Waals surface area contributed by atoms with E-state index < -0.39 is 0 Å². The van der Waals surface area contributed by atoms with Gasteiger partial charge in [-0.1, -0.05) is 29.5 Å². The number of anilines is 1. The summed E-state index contributed by atoms with van der Waals surface area (Å²) in [5, 5.41) is 5.75. The number of rotatable bonds is 6. The van der Waals surface area contributed by atoms with E-state index in [-0.39, 0.29) is 42.6 Å². The quantitative estimate of drug-likeness (QED) is 0.792. The van der Waals surface area contributed by atoms with Crippen molar-refractivity contribution in [2.75, 3.05) is 23.7 Å². The number of carbonyl (C=O) groups excluding carboxylic acids is 3. The van der Waals surface area contributed by atoms with Crippen LogP contribution in [-0.2, 0) is 14.4 Å². The molecule has 25 heavy (non-hydrogen) atoms. The summed E-state index contributed by atoms with van der Waals surface area (Å²) in [5.74, 6) is -0.551. The third kappa shape index (κ3) is 5.60. The zero-order chi connectivity index (χ0) is 18.4. The molecule has 0 spiro atoms. The molecule has 0 aliphatic carbocycles. The van der Waals surface area contributed by atoms with E-state index in [2.05, 4.69) is 15.6 Å². The van der Waals surface area contributed by atoms with Gasteiger partial charge in [0.25, 0.3) is 5.91 Å². The van der Waals surface area contributed by atoms with Crippen LogP contribution < -0.4 is 15.5 Å². The largest absolute Gasteiger partial charge is 0.352 e. The smallest absolute Gasteiger partial charge is 0.254 e. The third-order valence-electron chi connectivity index (χ3n) is 3.31. The Kier molecular flexibility index (Phi) is 6.58. The van der Waals surface area contributed by atoms with Crippen molar-refractivity contribution in [3.05, 3.63) is 29.8 Å². The van der Waals surface area contributed by atoms with E-state index in [0.29, 0.717) is 5.17 Å². The summed E-state index contributed by atoms with van der Waals surface area (Å²) in [5.41, 5.74) is 1.83. The summed E-state index contributed by atoms with van der Waals surface area (Å²) in [6.07, 6.45) is 0. The Balaban J connectivity index is 1.86. The molecule has 1 aromatic rings. The lowest BCUT2D eigenvalue weighted by Gasteiger charge is -2.18. The van der Waals surface area contributed by atoms with Gasteiger partial charge in [-0.2, -0.15) is 0 Å². The maximum Gasteiger partial charge on any atom is 0.254 e. The minimum Gasteiger partial charge on any atom is -0.352 e. The summed E-state index contributed by atoms with van der Waals surface area (Å²) in [4.78, 5) is 41.2. The standard InChI is InChI=1S/C17H22N4O3S/c1-11(2)20-14(22)8-18-15(23)10-25-17-19-9-16(24)21(17)13-6-4-12(3)5-7-13/h4-7,11H,8-10H2,1-3H3,(H,18,23)(H,20,22). The molecule has 0 unspecified atom stereocenters. The second-order valence-electron chi connectivity index (χ2n) is 5.95. The lowest BCUT2D eigenvalue weighted by Crippen LogP contribution is -2.40. The number of thioether (sulfide) groups is 1. The monoisotopic (exact) mass is 362 g/mol. The Morgan fingerprint density at radius 2 is 1.92 bits per heavy atom. The lowest BCUT2D eigenvalue weighted by atomic mass is 10.2. The van der Waals surface area contributed by atoms with E-state index >= 15 is 0 Å². The molecule has 2 rings (SSSR count). The number of amides is 3. The van der Waals surface area contributed by atoms with Crippen molar-refractivity contribution < 1.29 is 14.4 Å². The van der Waals surface area contributed by atoms with Crippen LogP contribution in [0.25, 0.3) is 0 Å². The molecule has 1 aromatic carbocycles. The van der Waals surface area contributed by atoms with Gasteiger partial charge in [-0.05, 0) is 32.9 Å². The molecule has 0 fully saturated rings. The number of aryl methyl sites for hydroxylation is 1. The first-order valence-corrected chi connectivity index (χ1v) is 8.98. The molecule has 2 N–H and O–H groups in total. The molecule has 8 heteroatoms. The summed E-state index contributed by atoms with van der Waals surface area (Å²) < 4.78 is 0. The van der Waals surface area contributed by atoms with Crippen molar-refractivity contribution in [3.63, 3.8) is 0 Å². The van der Waals surface area contributed by atoms with Gasteiger partial charge in [0.05, 0.1) is 18.0 Å². The second-order valence-corrected chi connectivity index (χ2v) is 6.89. The number of aliphatic imine (C=N–C) groups is 1. The molecule has 0 saturated heterocycles. The van der Waals surface area contributed by atoms with Crippen LogP contribution in [-0.4, -0.2) is 47.8 Å². The number of hydrogen-bond donors (Lipinski definition) is 2. The molecule has 0 saturated carbocycles. The van der Waals surface area contributed by atoms with Crippen LogP contribution in [0, 0.1) is 6.92 Å². The fourth-order valence-corrected chi connectivity index (χ4v) is 3.03. The molecule has 1 aliphatic rings. The minimum atomic E-state index is -0.283. The van der Waals surface area contributed by atoms with Crippen LogP contribution in [0.1, 0.15) is 19.4 Å². The number of nitrogens with one attached hydrogen (secondary N) is 2. The van der Waals surface area contributed by atoms with Crippen molar-refractivity contribution >= 4 is 40.3 Å². The Morgan fingerprint density at radius 1 is 1.24 bits per heavy atom. The molecule has 1 aliphatic heterocycles. The molecular formula is C17H22N4O3S. The molecule has 0 atom stereocenters. The minimum absolute atomic E-state index is 0.0284. The van der Waals surface area contributed by atoms with Gasteiger partial charge in [-0.15, -0.1) is 0 Å². The number of hydrogen-bond acceptors (Lipinski definition) is 5. The average molecular weight is 362 g/mol. The van der Waals surface area contributed by atoms with Gasteiger partial charge in [0, 0.05) is 6.04 Å². The number of nitrogens with zero attached hydrogens (tertiary/aromatic N) is 2. The van der Waals surface area contributed by atoms with Crippen molar-refractivity contribution in [2.45, 2.75) is 26.8 Å². The van der Waals surface area contributed by atoms with Gasteiger partial charge in [-0.25, -0.2) is 0 Å². The van der Waals surface area contributed by atoms with Crippen LogP contribution in [0.5, 0.6) is 0 Å². The summed E-state index contributed by atoms with van der Waals surface area (Å²) in [6, 6.07) is 7.57. The predicted octanol–water partition coefficient (Wildman–Crippen LogP) is 1.07. The highest BCUT2D eigenvalue weighted by Gasteiger charge is 2.27. The summed E-state index contributed by atoms with van der Waals surface area (Å²) >= 11 is 1.18. The van der Waals surface area contributed by atoms with Crippen molar-refractivity contribution in [1.82, 2.24) is 10.6 Å². The average Bonchev–Trinajstić information content (AvgIpc) is 2.92. The van der Waals surface area contributed by atoms with Crippen LogP contribution >= 0.6 is 11.8 Å². The van der Waals surface area contributed by atoms with Crippen LogP contribution in [0.2, 0.25) is 0 Å². The fourth-order valence-electron chi connectivity index (χ4n) is 2.17. The van der Waals surface area contributed by atoms with Crippen LogP contribution in [0.3, 0.4) is 0 Å². The van der Waals surface area contributed by atoms with E-state index in [1.807, 2.05) is 45.0 Å². The Hall–Kier alpha value is -2.35. The predicted molar refractivity (Wildman–Crippen MR) is 99.7 cm³/mol. The molecule has 0 aromatic heterocycles. The molecule has 1 heterocycles. The topological polar surface area (TPSA) is 90.9 Å². The first kappa shape index (κ1) is 19.0. The van der Waals surface area contributed by atoms with E-state index in [1.165, 1.54) is 16.7 Å². The highest BCUT2D eigenvalue weighted by atomic mass is 32.2. The third-order valence-corrected chi connectivity index (χ3v) is 4.29. The zero-order valence-electron chi connectivity index (χ0n) is 14.5. The highest BCUT2D eigenvalue weighted by molar-refractivity contribution is 8.14. The molecular weight excluding hydrogens is 340 g/mol. The van der Waals surface area contributed by atoms with Gasteiger partial charge in [0.2, 0.25) is 11.8 Å². The number of benzene rings is 1. The lowest BCUT2D eigenvalue weighted by molar-refractivity contribution is -0.125. The van der Waals surface area contributed by atoms with Crippen molar-refractivity contribution in [3.8, 4) is 0 Å². The van der Waals surface area contributed by atoms with Gasteiger partial charge in [-0.3, -0.25) is 24.3 Å². The van der Waals surface area contributed by atoms with E-state index in [4.69, 9.17) is 0 Å². The van der Waals surface area contributed by atoms with E-state index in [1.54, 1.807) is 0 Å². The van der Waals surface area contributed by atoms with E-state index in [0.717, 1.165) is 11.3 Å². The Morgan fingerprint density at radius 3 is 2.56 bits per heavy atom. The molecule has 0 bridgehead atoms. The van der Waals surface area contributed by atoms with Crippen LogP contribution in [0.15, 0.2) is 29.3 Å².